The third kappa shape index (κ3) is 2.74. The number of nitro groups is 1. The van der Waals surface area contributed by atoms with Crippen molar-refractivity contribution in [2.24, 2.45) is 7.05 Å². The number of carbonyl (C=O) groups is 1. The molecule has 1 heterocycles. The Balaban J connectivity index is 2.37. The molecular formula is C12H13N5O3. The molecule has 8 heteroatoms. The van der Waals surface area contributed by atoms with Crippen LogP contribution in [0.15, 0.2) is 30.6 Å². The van der Waals surface area contributed by atoms with Crippen LogP contribution in [0.5, 0.6) is 0 Å². The third-order valence-corrected chi connectivity index (χ3v) is 2.67. The zero-order valence-corrected chi connectivity index (χ0v) is 11.0. The maximum absolute atomic E-state index is 11.5. The van der Waals surface area contributed by atoms with Gasteiger partial charge in [-0.15, -0.1) is 0 Å². The van der Waals surface area contributed by atoms with Crippen molar-refractivity contribution in [2.75, 3.05) is 12.4 Å². The highest BCUT2D eigenvalue weighted by atomic mass is 16.6. The van der Waals surface area contributed by atoms with Crippen LogP contribution in [0.2, 0.25) is 0 Å². The first-order valence-corrected chi connectivity index (χ1v) is 5.77. The van der Waals surface area contributed by atoms with Crippen molar-refractivity contribution in [3.8, 4) is 0 Å². The fourth-order valence-electron chi connectivity index (χ4n) is 1.72. The van der Waals surface area contributed by atoms with Gasteiger partial charge in [-0.1, -0.05) is 0 Å². The minimum atomic E-state index is -0.537. The number of aromatic nitrogens is 2. The first-order chi connectivity index (χ1) is 9.51. The second-order valence-electron chi connectivity index (χ2n) is 4.10. The average molecular weight is 275 g/mol. The lowest BCUT2D eigenvalue weighted by Gasteiger charge is -2.06. The van der Waals surface area contributed by atoms with Gasteiger partial charge in [-0.3, -0.25) is 19.6 Å². The molecule has 20 heavy (non-hydrogen) atoms. The van der Waals surface area contributed by atoms with Crippen LogP contribution in [-0.2, 0) is 7.05 Å². The molecule has 104 valence electrons. The Morgan fingerprint density at radius 3 is 2.75 bits per heavy atom. The zero-order valence-electron chi connectivity index (χ0n) is 11.0. The van der Waals surface area contributed by atoms with Gasteiger partial charge >= 0.3 is 0 Å². The molecular weight excluding hydrogens is 262 g/mol. The maximum Gasteiger partial charge on any atom is 0.293 e. The second-order valence-corrected chi connectivity index (χ2v) is 4.10. The fraction of sp³-hybridized carbons (Fsp3) is 0.167. The van der Waals surface area contributed by atoms with E-state index < -0.39 is 4.92 Å². The molecule has 0 aliphatic heterocycles. The van der Waals surface area contributed by atoms with Crippen molar-refractivity contribution in [3.05, 3.63) is 46.3 Å². The van der Waals surface area contributed by atoms with Gasteiger partial charge in [0.1, 0.15) is 5.69 Å². The van der Waals surface area contributed by atoms with E-state index in [1.165, 1.54) is 25.2 Å². The number of nitro benzene ring substituents is 1. The Bertz CT molecular complexity index is 665. The number of rotatable bonds is 4. The molecule has 1 aromatic carbocycles. The predicted octanol–water partition coefficient (Wildman–Crippen LogP) is 1.43. The van der Waals surface area contributed by atoms with Crippen LogP contribution >= 0.6 is 0 Å². The molecule has 2 aromatic rings. The molecule has 0 atom stereocenters. The van der Waals surface area contributed by atoms with Crippen molar-refractivity contribution < 1.29 is 9.72 Å². The largest absolute Gasteiger partial charge is 0.355 e. The number of nitrogens with zero attached hydrogens (tertiary/aromatic N) is 3. The summed E-state index contributed by atoms with van der Waals surface area (Å²) in [6, 6.07) is 4.25. The van der Waals surface area contributed by atoms with E-state index in [0.29, 0.717) is 11.4 Å². The van der Waals surface area contributed by atoms with Gasteiger partial charge in [0.15, 0.2) is 0 Å². The van der Waals surface area contributed by atoms with Crippen LogP contribution in [0, 0.1) is 10.1 Å². The normalized spacial score (nSPS) is 10.1. The Morgan fingerprint density at radius 2 is 2.20 bits per heavy atom. The molecule has 0 fully saturated rings. The monoisotopic (exact) mass is 275 g/mol. The van der Waals surface area contributed by atoms with Crippen molar-refractivity contribution in [2.45, 2.75) is 0 Å². The highest BCUT2D eigenvalue weighted by Gasteiger charge is 2.17. The summed E-state index contributed by atoms with van der Waals surface area (Å²) < 4.78 is 1.58. The molecule has 2 N–H and O–H groups in total. The summed E-state index contributed by atoms with van der Waals surface area (Å²) in [5.41, 5.74) is 0.991. The van der Waals surface area contributed by atoms with Gasteiger partial charge in [-0.2, -0.15) is 5.10 Å². The summed E-state index contributed by atoms with van der Waals surface area (Å²) in [5, 5.41) is 20.4. The molecule has 1 amide bonds. The van der Waals surface area contributed by atoms with E-state index in [0.717, 1.165) is 0 Å². The number of benzene rings is 1. The van der Waals surface area contributed by atoms with E-state index in [1.807, 2.05) is 0 Å². The van der Waals surface area contributed by atoms with Gasteiger partial charge in [-0.25, -0.2) is 0 Å². The fourth-order valence-corrected chi connectivity index (χ4v) is 1.72. The number of hydrogen-bond donors (Lipinski definition) is 2. The van der Waals surface area contributed by atoms with E-state index in [4.69, 9.17) is 0 Å². The maximum atomic E-state index is 11.5. The smallest absolute Gasteiger partial charge is 0.293 e. The summed E-state index contributed by atoms with van der Waals surface area (Å²) >= 11 is 0. The van der Waals surface area contributed by atoms with Gasteiger partial charge in [0.05, 0.1) is 16.8 Å². The van der Waals surface area contributed by atoms with Gasteiger partial charge in [-0.05, 0) is 12.1 Å². The number of amides is 1. The molecule has 0 spiro atoms. The molecule has 8 nitrogen and oxygen atoms in total. The summed E-state index contributed by atoms with van der Waals surface area (Å²) in [6.45, 7) is 0. The van der Waals surface area contributed by atoms with Gasteiger partial charge in [0.25, 0.3) is 11.6 Å². The summed E-state index contributed by atoms with van der Waals surface area (Å²) in [5.74, 6) is -0.374. The molecule has 0 aliphatic rings. The van der Waals surface area contributed by atoms with E-state index in [1.54, 1.807) is 24.1 Å². The molecule has 0 saturated heterocycles. The molecule has 0 saturated carbocycles. The summed E-state index contributed by atoms with van der Waals surface area (Å²) in [6.07, 6.45) is 3.24. The SMILES string of the molecule is CNC(=O)c1ccc(Nc2cnn(C)c2)c([N+](=O)[O-])c1. The molecule has 0 bridgehead atoms. The van der Waals surface area contributed by atoms with Gasteiger partial charge in [0, 0.05) is 31.9 Å². The van der Waals surface area contributed by atoms with Crippen LogP contribution in [0.25, 0.3) is 0 Å². The Labute approximate surface area is 114 Å². The van der Waals surface area contributed by atoms with E-state index in [-0.39, 0.29) is 17.2 Å². The lowest BCUT2D eigenvalue weighted by molar-refractivity contribution is -0.383. The molecule has 2 rings (SSSR count). The zero-order chi connectivity index (χ0) is 14.7. The molecule has 0 radical (unpaired) electrons. The lowest BCUT2D eigenvalue weighted by Crippen LogP contribution is -2.17. The number of anilines is 2. The van der Waals surface area contributed by atoms with E-state index in [9.17, 15) is 14.9 Å². The number of aryl methyl sites for hydroxylation is 1. The van der Waals surface area contributed by atoms with Gasteiger partial charge in [0.2, 0.25) is 0 Å². The first kappa shape index (κ1) is 13.5. The highest BCUT2D eigenvalue weighted by Crippen LogP contribution is 2.28. The topological polar surface area (TPSA) is 102 Å². The van der Waals surface area contributed by atoms with Crippen molar-refractivity contribution in [1.29, 1.82) is 0 Å². The van der Waals surface area contributed by atoms with Crippen LogP contribution in [0.4, 0.5) is 17.1 Å². The first-order valence-electron chi connectivity index (χ1n) is 5.77. The molecule has 1 aromatic heterocycles. The van der Waals surface area contributed by atoms with E-state index >= 15 is 0 Å². The van der Waals surface area contributed by atoms with Crippen molar-refractivity contribution in [1.82, 2.24) is 15.1 Å². The second kappa shape index (κ2) is 5.39. The average Bonchev–Trinajstić information content (AvgIpc) is 2.83. The number of hydrogen-bond acceptors (Lipinski definition) is 5. The van der Waals surface area contributed by atoms with Gasteiger partial charge < -0.3 is 10.6 Å². The van der Waals surface area contributed by atoms with E-state index in [2.05, 4.69) is 15.7 Å². The Morgan fingerprint density at radius 1 is 1.45 bits per heavy atom. The molecule has 0 unspecified atom stereocenters. The predicted molar refractivity (Wildman–Crippen MR) is 73.0 cm³/mol. The summed E-state index contributed by atoms with van der Waals surface area (Å²) in [7, 11) is 3.21. The lowest BCUT2D eigenvalue weighted by atomic mass is 10.1. The minimum absolute atomic E-state index is 0.171. The van der Waals surface area contributed by atoms with Crippen LogP contribution < -0.4 is 10.6 Å². The van der Waals surface area contributed by atoms with Crippen molar-refractivity contribution in [3.63, 3.8) is 0 Å². The van der Waals surface area contributed by atoms with Crippen LogP contribution in [-0.4, -0.2) is 27.7 Å². The number of nitrogens with one attached hydrogen (secondary N) is 2. The third-order valence-electron chi connectivity index (χ3n) is 2.67. The van der Waals surface area contributed by atoms with Crippen molar-refractivity contribution >= 4 is 23.0 Å². The van der Waals surface area contributed by atoms with Crippen LogP contribution in [0.1, 0.15) is 10.4 Å². The summed E-state index contributed by atoms with van der Waals surface area (Å²) in [4.78, 5) is 22.1. The quantitative estimate of drug-likeness (QED) is 0.649. The standard InChI is InChI=1S/C12H13N5O3/c1-13-12(18)8-3-4-10(11(5-8)17(19)20)15-9-6-14-16(2)7-9/h3-7,15H,1-2H3,(H,13,18). The minimum Gasteiger partial charge on any atom is -0.355 e. The van der Waals surface area contributed by atoms with Crippen LogP contribution in [0.3, 0.4) is 0 Å². The Kier molecular flexibility index (Phi) is 3.65. The molecule has 0 aliphatic carbocycles. The Hall–Kier alpha value is -2.90. The highest BCUT2D eigenvalue weighted by molar-refractivity contribution is 5.95. The number of carbonyl (C=O) groups excluding carboxylic acids is 1.